The van der Waals surface area contributed by atoms with Crippen molar-refractivity contribution >= 4 is 17.0 Å². The Morgan fingerprint density at radius 2 is 1.24 bits per heavy atom. The standard InChI is InChI=1S/C17H21NO3S.C10H17N/c19-17(14-3-1-2-4-15(14)22(20)21)18-16-12-6-10-5-11(8-12)9-13(16)7-10;11-10-8-2-6-1-7(4-8)5-9(10)3-6/h1-4,10-13,16H,5-9H2,(H,18,19)(H,20,21);6-10H,1-5,11H2. The minimum atomic E-state index is -2.13. The van der Waals surface area contributed by atoms with Gasteiger partial charge in [-0.2, -0.15) is 0 Å². The molecule has 1 amide bonds. The van der Waals surface area contributed by atoms with Crippen molar-refractivity contribution < 1.29 is 13.6 Å². The molecule has 8 fully saturated rings. The molecule has 9 rings (SSSR count). The summed E-state index contributed by atoms with van der Waals surface area (Å²) in [6.07, 6.45) is 13.8. The maximum atomic E-state index is 12.6. The Bertz CT molecular complexity index is 878. The van der Waals surface area contributed by atoms with E-state index in [2.05, 4.69) is 5.32 Å². The third kappa shape index (κ3) is 4.21. The van der Waals surface area contributed by atoms with Crippen LogP contribution in [0.3, 0.4) is 0 Å². The molecule has 8 aliphatic carbocycles. The van der Waals surface area contributed by atoms with Crippen molar-refractivity contribution in [1.29, 1.82) is 0 Å². The minimum absolute atomic E-state index is 0.198. The predicted molar refractivity (Wildman–Crippen MR) is 129 cm³/mol. The normalized spacial score (nSPS) is 44.8. The number of nitrogens with one attached hydrogen (secondary N) is 1. The fraction of sp³-hybridized carbons (Fsp3) is 0.741. The summed E-state index contributed by atoms with van der Waals surface area (Å²) in [5.41, 5.74) is 6.50. The maximum absolute atomic E-state index is 12.6. The Morgan fingerprint density at radius 1 is 0.788 bits per heavy atom. The van der Waals surface area contributed by atoms with E-state index in [0.29, 0.717) is 23.4 Å². The van der Waals surface area contributed by atoms with E-state index < -0.39 is 11.1 Å². The highest BCUT2D eigenvalue weighted by molar-refractivity contribution is 7.79. The number of hydrogen-bond acceptors (Lipinski definition) is 3. The summed E-state index contributed by atoms with van der Waals surface area (Å²) in [7, 11) is 0. The van der Waals surface area contributed by atoms with Crippen LogP contribution in [0.1, 0.15) is 74.6 Å². The van der Waals surface area contributed by atoms with E-state index in [1.165, 1.54) is 57.8 Å². The molecule has 5 nitrogen and oxygen atoms in total. The molecule has 1 aromatic carbocycles. The number of carbonyl (C=O) groups excluding carboxylic acids is 1. The number of benzene rings is 1. The minimum Gasteiger partial charge on any atom is -0.349 e. The van der Waals surface area contributed by atoms with Gasteiger partial charge in [0.1, 0.15) is 0 Å². The fourth-order valence-electron chi connectivity index (χ4n) is 9.16. The predicted octanol–water partition coefficient (Wildman–Crippen LogP) is 4.59. The molecular weight excluding hydrogens is 432 g/mol. The van der Waals surface area contributed by atoms with Crippen molar-refractivity contribution in [3.63, 3.8) is 0 Å². The Kier molecular flexibility index (Phi) is 5.90. The van der Waals surface area contributed by atoms with Crippen molar-refractivity contribution in [3.05, 3.63) is 29.8 Å². The number of amides is 1. The average molecular weight is 471 g/mol. The first-order valence-electron chi connectivity index (χ1n) is 13.2. The number of carbonyl (C=O) groups is 1. The highest BCUT2D eigenvalue weighted by atomic mass is 32.2. The first-order valence-corrected chi connectivity index (χ1v) is 14.3. The van der Waals surface area contributed by atoms with Crippen LogP contribution in [-0.4, -0.2) is 26.8 Å². The lowest BCUT2D eigenvalue weighted by Crippen LogP contribution is -2.55. The zero-order valence-corrected chi connectivity index (χ0v) is 20.2. The van der Waals surface area contributed by atoms with Crippen molar-refractivity contribution in [3.8, 4) is 0 Å². The smallest absolute Gasteiger partial charge is 0.252 e. The monoisotopic (exact) mass is 470 g/mol. The van der Waals surface area contributed by atoms with Gasteiger partial charge in [0.15, 0.2) is 11.1 Å². The van der Waals surface area contributed by atoms with Crippen molar-refractivity contribution in [1.82, 2.24) is 5.32 Å². The molecule has 4 N–H and O–H groups in total. The SMILES string of the molecule is NC1C2CC3CC(C2)CC1C3.O=C(NC1C2CC3CC(C2)CC1C3)c1ccccc1S(=O)O. The summed E-state index contributed by atoms with van der Waals surface area (Å²) in [5, 5.41) is 3.19. The molecule has 8 bridgehead atoms. The summed E-state index contributed by atoms with van der Waals surface area (Å²) >= 11 is -2.13. The summed E-state index contributed by atoms with van der Waals surface area (Å²) in [4.78, 5) is 12.8. The fourth-order valence-corrected chi connectivity index (χ4v) is 9.71. The highest BCUT2D eigenvalue weighted by Crippen LogP contribution is 2.54. The van der Waals surface area contributed by atoms with Gasteiger partial charge in [-0.3, -0.25) is 4.79 Å². The lowest BCUT2D eigenvalue weighted by Gasteiger charge is -2.54. The van der Waals surface area contributed by atoms with E-state index in [0.717, 1.165) is 35.5 Å². The van der Waals surface area contributed by atoms with Crippen molar-refractivity contribution in [2.75, 3.05) is 0 Å². The van der Waals surface area contributed by atoms with Gasteiger partial charge in [0.2, 0.25) is 0 Å². The quantitative estimate of drug-likeness (QED) is 0.563. The number of nitrogens with two attached hydrogens (primary N) is 1. The zero-order valence-electron chi connectivity index (χ0n) is 19.4. The third-order valence-corrected chi connectivity index (χ3v) is 10.9. The van der Waals surface area contributed by atoms with E-state index in [4.69, 9.17) is 5.73 Å². The van der Waals surface area contributed by atoms with Crippen LogP contribution in [0.5, 0.6) is 0 Å². The Balaban J connectivity index is 0.000000155. The second-order valence-corrected chi connectivity index (χ2v) is 13.1. The summed E-state index contributed by atoms with van der Waals surface area (Å²) in [6.45, 7) is 0. The molecule has 33 heavy (non-hydrogen) atoms. The first kappa shape index (κ1) is 22.2. The van der Waals surface area contributed by atoms with Gasteiger partial charge in [-0.15, -0.1) is 0 Å². The number of hydrogen-bond donors (Lipinski definition) is 3. The largest absolute Gasteiger partial charge is 0.349 e. The Morgan fingerprint density at radius 3 is 1.73 bits per heavy atom. The van der Waals surface area contributed by atoms with Crippen LogP contribution < -0.4 is 11.1 Å². The topological polar surface area (TPSA) is 92.4 Å². The van der Waals surface area contributed by atoms with Gasteiger partial charge < -0.3 is 15.6 Å². The second kappa shape index (κ2) is 8.76. The molecule has 8 aliphatic rings. The zero-order chi connectivity index (χ0) is 22.7. The maximum Gasteiger partial charge on any atom is 0.252 e. The molecule has 0 spiro atoms. The molecule has 1 atom stereocenters. The molecule has 0 radical (unpaired) electrons. The van der Waals surface area contributed by atoms with Gasteiger partial charge in [0, 0.05) is 12.1 Å². The van der Waals surface area contributed by atoms with E-state index in [9.17, 15) is 13.6 Å². The molecule has 0 aromatic heterocycles. The first-order chi connectivity index (χ1) is 15.9. The van der Waals surface area contributed by atoms with E-state index in [1.54, 1.807) is 30.7 Å². The lowest BCUT2D eigenvalue weighted by atomic mass is 9.54. The summed E-state index contributed by atoms with van der Waals surface area (Å²) in [6, 6.07) is 7.44. The average Bonchev–Trinajstić information content (AvgIpc) is 2.79. The van der Waals surface area contributed by atoms with Crippen LogP contribution >= 0.6 is 0 Å². The number of rotatable bonds is 3. The van der Waals surface area contributed by atoms with E-state index in [1.807, 2.05) is 0 Å². The van der Waals surface area contributed by atoms with Crippen molar-refractivity contribution in [2.45, 2.75) is 81.2 Å². The highest BCUT2D eigenvalue weighted by Gasteiger charge is 2.49. The van der Waals surface area contributed by atoms with Crippen LogP contribution in [0.25, 0.3) is 0 Å². The van der Waals surface area contributed by atoms with Gasteiger partial charge in [-0.25, -0.2) is 4.21 Å². The van der Waals surface area contributed by atoms with E-state index in [-0.39, 0.29) is 16.8 Å². The molecule has 1 unspecified atom stereocenters. The molecule has 6 heteroatoms. The molecule has 1 aromatic rings. The van der Waals surface area contributed by atoms with Gasteiger partial charge in [0.05, 0.1) is 10.5 Å². The van der Waals surface area contributed by atoms with Crippen LogP contribution in [0.2, 0.25) is 0 Å². The lowest BCUT2D eigenvalue weighted by molar-refractivity contribution is -0.0120. The van der Waals surface area contributed by atoms with Crippen LogP contribution in [-0.2, 0) is 11.1 Å². The molecular formula is C27H38N2O3S. The van der Waals surface area contributed by atoms with Crippen LogP contribution in [0.4, 0.5) is 0 Å². The van der Waals surface area contributed by atoms with Crippen LogP contribution in [0.15, 0.2) is 29.2 Å². The molecule has 0 heterocycles. The molecule has 0 saturated heterocycles. The van der Waals surface area contributed by atoms with Gasteiger partial charge in [0.25, 0.3) is 5.91 Å². The molecule has 180 valence electrons. The summed E-state index contributed by atoms with van der Waals surface area (Å²) < 4.78 is 20.7. The second-order valence-electron chi connectivity index (χ2n) is 12.2. The van der Waals surface area contributed by atoms with Gasteiger partial charge in [-0.05, 0) is 124 Å². The summed E-state index contributed by atoms with van der Waals surface area (Å²) in [5.74, 6) is 6.75. The Labute approximate surface area is 199 Å². The van der Waals surface area contributed by atoms with Gasteiger partial charge in [-0.1, -0.05) is 12.1 Å². The van der Waals surface area contributed by atoms with Gasteiger partial charge >= 0.3 is 0 Å². The van der Waals surface area contributed by atoms with Crippen molar-refractivity contribution in [2.24, 2.45) is 53.1 Å². The molecule has 0 aliphatic heterocycles. The molecule has 8 saturated carbocycles. The van der Waals surface area contributed by atoms with Crippen LogP contribution in [0, 0.1) is 47.3 Å². The van der Waals surface area contributed by atoms with E-state index >= 15 is 0 Å². The Hall–Kier alpha value is -1.24. The third-order valence-electron chi connectivity index (χ3n) is 10.1.